The van der Waals surface area contributed by atoms with Crippen LogP contribution < -0.4 is 0 Å². The quantitative estimate of drug-likeness (QED) is 0.402. The Kier molecular flexibility index (Phi) is 6.36. The van der Waals surface area contributed by atoms with Crippen LogP contribution in [0, 0.1) is 0 Å². The number of aliphatic hydroxyl groups excluding tert-OH is 1. The fraction of sp³-hybridized carbons (Fsp3) is 0.667. The molecule has 0 amide bonds. The molecule has 0 aromatic carbocycles. The SMILES string of the molecule is CCOC(=O)C(OCC)=C(O)OCC. The molecule has 82 valence electrons. The van der Waals surface area contributed by atoms with E-state index in [0.29, 0.717) is 0 Å². The van der Waals surface area contributed by atoms with Gasteiger partial charge >= 0.3 is 11.9 Å². The molecule has 0 aromatic rings. The summed E-state index contributed by atoms with van der Waals surface area (Å²) in [4.78, 5) is 11.2. The van der Waals surface area contributed by atoms with E-state index in [1.807, 2.05) is 0 Å². The lowest BCUT2D eigenvalue weighted by molar-refractivity contribution is -0.143. The topological polar surface area (TPSA) is 65.0 Å². The highest BCUT2D eigenvalue weighted by atomic mass is 16.6. The van der Waals surface area contributed by atoms with Gasteiger partial charge < -0.3 is 19.3 Å². The standard InChI is InChI=1S/C9H16O5/c1-4-12-7(8(10)13-5-2)9(11)14-6-3/h10H,4-6H2,1-3H3. The van der Waals surface area contributed by atoms with Gasteiger partial charge in [-0.2, -0.15) is 0 Å². The zero-order valence-corrected chi connectivity index (χ0v) is 8.70. The Labute approximate surface area is 83.3 Å². The van der Waals surface area contributed by atoms with Crippen LogP contribution in [0.3, 0.4) is 0 Å². The smallest absolute Gasteiger partial charge is 0.381 e. The third-order valence-corrected chi connectivity index (χ3v) is 1.22. The molecule has 0 aliphatic rings. The van der Waals surface area contributed by atoms with E-state index in [9.17, 15) is 9.90 Å². The van der Waals surface area contributed by atoms with E-state index in [-0.39, 0.29) is 25.6 Å². The molecule has 0 aliphatic carbocycles. The monoisotopic (exact) mass is 204 g/mol. The van der Waals surface area contributed by atoms with E-state index in [4.69, 9.17) is 9.47 Å². The molecule has 14 heavy (non-hydrogen) atoms. The van der Waals surface area contributed by atoms with Gasteiger partial charge in [-0.3, -0.25) is 0 Å². The summed E-state index contributed by atoms with van der Waals surface area (Å²) in [5.74, 6) is -1.54. The van der Waals surface area contributed by atoms with Crippen LogP contribution in [0.25, 0.3) is 0 Å². The number of carbonyl (C=O) groups excluding carboxylic acids is 1. The minimum Gasteiger partial charge on any atom is -0.482 e. The van der Waals surface area contributed by atoms with Gasteiger partial charge in [-0.1, -0.05) is 0 Å². The second-order valence-corrected chi connectivity index (χ2v) is 2.22. The molecule has 0 rings (SSSR count). The van der Waals surface area contributed by atoms with Gasteiger partial charge in [0, 0.05) is 0 Å². The second kappa shape index (κ2) is 7.06. The van der Waals surface area contributed by atoms with Crippen molar-refractivity contribution in [2.45, 2.75) is 20.8 Å². The Morgan fingerprint density at radius 3 is 1.93 bits per heavy atom. The molecule has 5 nitrogen and oxygen atoms in total. The molecule has 0 fully saturated rings. The van der Waals surface area contributed by atoms with E-state index in [0.717, 1.165) is 0 Å². The lowest BCUT2D eigenvalue weighted by Crippen LogP contribution is -2.14. The summed E-state index contributed by atoms with van der Waals surface area (Å²) in [5, 5.41) is 9.27. The number of hydrogen-bond acceptors (Lipinski definition) is 5. The molecular formula is C9H16O5. The van der Waals surface area contributed by atoms with Gasteiger partial charge in [0.05, 0.1) is 19.8 Å². The maximum atomic E-state index is 11.2. The molecule has 0 aliphatic heterocycles. The molecule has 0 heterocycles. The Balaban J connectivity index is 4.55. The largest absolute Gasteiger partial charge is 0.482 e. The highest BCUT2D eigenvalue weighted by molar-refractivity contribution is 5.86. The van der Waals surface area contributed by atoms with E-state index in [1.54, 1.807) is 20.8 Å². The molecule has 1 N–H and O–H groups in total. The van der Waals surface area contributed by atoms with Crippen molar-refractivity contribution in [2.75, 3.05) is 19.8 Å². The fourth-order valence-corrected chi connectivity index (χ4v) is 0.751. The van der Waals surface area contributed by atoms with Crippen LogP contribution in [0.5, 0.6) is 0 Å². The van der Waals surface area contributed by atoms with E-state index in [2.05, 4.69) is 4.74 Å². The van der Waals surface area contributed by atoms with Crippen molar-refractivity contribution in [2.24, 2.45) is 0 Å². The van der Waals surface area contributed by atoms with Crippen molar-refractivity contribution in [1.82, 2.24) is 0 Å². The number of carbonyl (C=O) groups is 1. The zero-order valence-electron chi connectivity index (χ0n) is 8.70. The molecule has 0 radical (unpaired) electrons. The van der Waals surface area contributed by atoms with Crippen LogP contribution in [0.2, 0.25) is 0 Å². The third-order valence-electron chi connectivity index (χ3n) is 1.22. The maximum absolute atomic E-state index is 11.2. The fourth-order valence-electron chi connectivity index (χ4n) is 0.751. The Morgan fingerprint density at radius 2 is 1.50 bits per heavy atom. The van der Waals surface area contributed by atoms with Gasteiger partial charge in [0.25, 0.3) is 5.76 Å². The minimum atomic E-state index is -0.722. The van der Waals surface area contributed by atoms with Crippen LogP contribution in [0.1, 0.15) is 20.8 Å². The van der Waals surface area contributed by atoms with Crippen molar-refractivity contribution in [3.63, 3.8) is 0 Å². The predicted octanol–water partition coefficient (Wildman–Crippen LogP) is 1.35. The summed E-state index contributed by atoms with van der Waals surface area (Å²) < 4.78 is 14.3. The minimum absolute atomic E-state index is 0.217. The summed E-state index contributed by atoms with van der Waals surface area (Å²) in [7, 11) is 0. The molecule has 0 saturated carbocycles. The summed E-state index contributed by atoms with van der Waals surface area (Å²) in [5.41, 5.74) is 0. The first-order chi connectivity index (χ1) is 6.67. The van der Waals surface area contributed by atoms with Crippen molar-refractivity contribution in [3.05, 3.63) is 11.7 Å². The number of ether oxygens (including phenoxy) is 3. The molecule has 5 heteroatoms. The lowest BCUT2D eigenvalue weighted by Gasteiger charge is -2.09. The van der Waals surface area contributed by atoms with Crippen LogP contribution in [-0.4, -0.2) is 30.9 Å². The van der Waals surface area contributed by atoms with Gasteiger partial charge in [-0.05, 0) is 20.8 Å². The Morgan fingerprint density at radius 1 is 1.00 bits per heavy atom. The van der Waals surface area contributed by atoms with Gasteiger partial charge in [-0.25, -0.2) is 4.79 Å². The first-order valence-electron chi connectivity index (χ1n) is 4.53. The Bertz CT molecular complexity index is 209. The van der Waals surface area contributed by atoms with Crippen LogP contribution in [0.15, 0.2) is 11.7 Å². The molecule has 0 unspecified atom stereocenters. The van der Waals surface area contributed by atoms with Crippen molar-refractivity contribution >= 4 is 5.97 Å². The molecule has 0 atom stereocenters. The van der Waals surface area contributed by atoms with Gasteiger partial charge in [0.15, 0.2) is 0 Å². The average molecular weight is 204 g/mol. The molecule has 0 spiro atoms. The number of esters is 1. The summed E-state index contributed by atoms with van der Waals surface area (Å²) >= 11 is 0. The normalized spacial score (nSPS) is 11.6. The van der Waals surface area contributed by atoms with Gasteiger partial charge in [0.2, 0.25) is 0 Å². The first-order valence-corrected chi connectivity index (χ1v) is 4.53. The predicted molar refractivity (Wildman–Crippen MR) is 49.5 cm³/mol. The third kappa shape index (κ3) is 4.02. The van der Waals surface area contributed by atoms with Crippen molar-refractivity contribution < 1.29 is 24.1 Å². The lowest BCUT2D eigenvalue weighted by atomic mass is 10.5. The second-order valence-electron chi connectivity index (χ2n) is 2.22. The summed E-state index contributed by atoms with van der Waals surface area (Å²) in [6.07, 6.45) is 0. The van der Waals surface area contributed by atoms with Crippen LogP contribution in [-0.2, 0) is 19.0 Å². The molecule has 0 bridgehead atoms. The highest BCUT2D eigenvalue weighted by Gasteiger charge is 2.19. The van der Waals surface area contributed by atoms with Crippen LogP contribution in [0.4, 0.5) is 0 Å². The molecule has 0 aromatic heterocycles. The van der Waals surface area contributed by atoms with E-state index >= 15 is 0 Å². The van der Waals surface area contributed by atoms with E-state index < -0.39 is 11.9 Å². The van der Waals surface area contributed by atoms with Crippen molar-refractivity contribution in [1.29, 1.82) is 0 Å². The maximum Gasteiger partial charge on any atom is 0.381 e. The van der Waals surface area contributed by atoms with E-state index in [1.165, 1.54) is 0 Å². The highest BCUT2D eigenvalue weighted by Crippen LogP contribution is 2.07. The van der Waals surface area contributed by atoms with Crippen LogP contribution >= 0.6 is 0 Å². The summed E-state index contributed by atoms with van der Waals surface area (Å²) in [6.45, 7) is 5.77. The number of hydrogen-bond donors (Lipinski definition) is 1. The molecule has 0 saturated heterocycles. The summed E-state index contributed by atoms with van der Waals surface area (Å²) in [6, 6.07) is 0. The molecular weight excluding hydrogens is 188 g/mol. The van der Waals surface area contributed by atoms with Crippen molar-refractivity contribution in [3.8, 4) is 0 Å². The van der Waals surface area contributed by atoms with Gasteiger partial charge in [0.1, 0.15) is 0 Å². The number of rotatable bonds is 6. The number of aliphatic hydroxyl groups is 1. The zero-order chi connectivity index (χ0) is 11.0. The van der Waals surface area contributed by atoms with Gasteiger partial charge in [-0.15, -0.1) is 0 Å². The average Bonchev–Trinajstić information content (AvgIpc) is 2.14. The first kappa shape index (κ1) is 12.6. The Hall–Kier alpha value is -1.39.